The summed E-state index contributed by atoms with van der Waals surface area (Å²) < 4.78 is 38.1. The maximum atomic E-state index is 12.5. The topological polar surface area (TPSA) is 33.1 Å². The Bertz CT molecular complexity index is 550. The van der Waals surface area contributed by atoms with Gasteiger partial charge in [-0.1, -0.05) is 13.3 Å². The number of benzene rings is 1. The highest BCUT2D eigenvalue weighted by molar-refractivity contribution is 7.18. The first-order chi connectivity index (χ1) is 8.41. The molecule has 1 atom stereocenters. The van der Waals surface area contributed by atoms with E-state index in [4.69, 9.17) is 0 Å². The van der Waals surface area contributed by atoms with Crippen LogP contribution in [0.2, 0.25) is 0 Å². The summed E-state index contributed by atoms with van der Waals surface area (Å²) in [5.74, 6) is 0. The molecule has 0 spiro atoms. The Kier molecular flexibility index (Phi) is 3.59. The van der Waals surface area contributed by atoms with Gasteiger partial charge in [-0.05, 0) is 24.6 Å². The third kappa shape index (κ3) is 2.64. The molecule has 0 radical (unpaired) electrons. The number of hydrogen-bond donors (Lipinski definition) is 1. The van der Waals surface area contributed by atoms with Crippen molar-refractivity contribution in [3.63, 3.8) is 0 Å². The fourth-order valence-corrected chi connectivity index (χ4v) is 2.69. The van der Waals surface area contributed by atoms with Gasteiger partial charge in [-0.3, -0.25) is 0 Å². The fourth-order valence-electron chi connectivity index (χ4n) is 1.66. The first-order valence-electron chi connectivity index (χ1n) is 5.57. The van der Waals surface area contributed by atoms with Crippen molar-refractivity contribution in [2.24, 2.45) is 0 Å². The van der Waals surface area contributed by atoms with E-state index < -0.39 is 17.8 Å². The van der Waals surface area contributed by atoms with E-state index >= 15 is 0 Å². The Hall–Kier alpha value is -1.14. The summed E-state index contributed by atoms with van der Waals surface area (Å²) in [5.41, 5.74) is -0.187. The fraction of sp³-hybridized carbons (Fsp3) is 0.417. The lowest BCUT2D eigenvalue weighted by atomic mass is 10.2. The van der Waals surface area contributed by atoms with Gasteiger partial charge in [0.05, 0.1) is 15.8 Å². The van der Waals surface area contributed by atoms with Crippen LogP contribution in [0.5, 0.6) is 0 Å². The van der Waals surface area contributed by atoms with Gasteiger partial charge in [0.25, 0.3) is 0 Å². The van der Waals surface area contributed by atoms with Crippen molar-refractivity contribution in [1.29, 1.82) is 0 Å². The average molecular weight is 275 g/mol. The normalized spacial score (nSPS) is 14.1. The van der Waals surface area contributed by atoms with Crippen LogP contribution in [0.3, 0.4) is 0 Å². The molecular formula is C12H12F3NOS. The zero-order valence-corrected chi connectivity index (χ0v) is 10.5. The highest BCUT2D eigenvalue weighted by Crippen LogP contribution is 2.34. The van der Waals surface area contributed by atoms with Crippen molar-refractivity contribution < 1.29 is 18.3 Å². The molecule has 6 heteroatoms. The Morgan fingerprint density at radius 1 is 1.39 bits per heavy atom. The van der Waals surface area contributed by atoms with Gasteiger partial charge in [-0.15, -0.1) is 11.3 Å². The minimum absolute atomic E-state index is 0.454. The zero-order valence-electron chi connectivity index (χ0n) is 9.66. The largest absolute Gasteiger partial charge is 0.416 e. The van der Waals surface area contributed by atoms with E-state index in [1.54, 1.807) is 0 Å². The van der Waals surface area contributed by atoms with Crippen molar-refractivity contribution in [2.75, 3.05) is 0 Å². The summed E-state index contributed by atoms with van der Waals surface area (Å²) in [6, 6.07) is 3.43. The van der Waals surface area contributed by atoms with Gasteiger partial charge < -0.3 is 5.11 Å². The van der Waals surface area contributed by atoms with Gasteiger partial charge in [0.2, 0.25) is 0 Å². The van der Waals surface area contributed by atoms with E-state index in [0.29, 0.717) is 21.6 Å². The van der Waals surface area contributed by atoms with Crippen LogP contribution in [-0.4, -0.2) is 10.1 Å². The highest BCUT2D eigenvalue weighted by atomic mass is 32.1. The van der Waals surface area contributed by atoms with E-state index in [1.807, 2.05) is 6.92 Å². The molecule has 2 aromatic rings. The van der Waals surface area contributed by atoms with E-state index in [9.17, 15) is 18.3 Å². The third-order valence-corrected chi connectivity index (χ3v) is 3.70. The molecule has 1 aromatic carbocycles. The monoisotopic (exact) mass is 275 g/mol. The molecule has 1 N–H and O–H groups in total. The number of halogens is 3. The minimum atomic E-state index is -4.35. The molecule has 1 aromatic heterocycles. The quantitative estimate of drug-likeness (QED) is 0.912. The number of rotatable bonds is 3. The van der Waals surface area contributed by atoms with Crippen LogP contribution in [-0.2, 0) is 6.18 Å². The van der Waals surface area contributed by atoms with Crippen LogP contribution >= 0.6 is 11.3 Å². The van der Waals surface area contributed by atoms with Gasteiger partial charge >= 0.3 is 6.18 Å². The van der Waals surface area contributed by atoms with Crippen molar-refractivity contribution in [2.45, 2.75) is 32.0 Å². The number of thiazole rings is 1. The smallest absolute Gasteiger partial charge is 0.386 e. The van der Waals surface area contributed by atoms with Crippen LogP contribution in [0.15, 0.2) is 18.2 Å². The lowest BCUT2D eigenvalue weighted by molar-refractivity contribution is -0.137. The van der Waals surface area contributed by atoms with E-state index in [0.717, 1.165) is 29.9 Å². The van der Waals surface area contributed by atoms with Gasteiger partial charge in [-0.25, -0.2) is 4.98 Å². The summed E-state index contributed by atoms with van der Waals surface area (Å²) >= 11 is 1.11. The molecule has 1 heterocycles. The second-order valence-electron chi connectivity index (χ2n) is 4.04. The molecule has 2 rings (SSSR count). The number of nitrogens with zero attached hydrogens (tertiary/aromatic N) is 1. The lowest BCUT2D eigenvalue weighted by Gasteiger charge is -2.04. The SMILES string of the molecule is CCCC(O)c1nc2ccc(C(F)(F)F)cc2s1. The average Bonchev–Trinajstić information content (AvgIpc) is 2.70. The molecule has 18 heavy (non-hydrogen) atoms. The van der Waals surface area contributed by atoms with E-state index in [1.165, 1.54) is 6.07 Å². The number of hydrogen-bond acceptors (Lipinski definition) is 3. The Morgan fingerprint density at radius 3 is 2.72 bits per heavy atom. The predicted octanol–water partition coefficient (Wildman–Crippen LogP) is 4.15. The second-order valence-corrected chi connectivity index (χ2v) is 5.10. The van der Waals surface area contributed by atoms with Crippen LogP contribution in [0.25, 0.3) is 10.2 Å². The number of aliphatic hydroxyl groups is 1. The van der Waals surface area contributed by atoms with Crippen molar-refractivity contribution in [3.8, 4) is 0 Å². The Morgan fingerprint density at radius 2 is 2.11 bits per heavy atom. The molecule has 0 aliphatic carbocycles. The zero-order chi connectivity index (χ0) is 13.3. The molecular weight excluding hydrogens is 263 g/mol. The van der Waals surface area contributed by atoms with Crippen molar-refractivity contribution in [1.82, 2.24) is 4.98 Å². The molecule has 0 amide bonds. The van der Waals surface area contributed by atoms with Gasteiger partial charge in [0.1, 0.15) is 11.1 Å². The maximum Gasteiger partial charge on any atom is 0.416 e. The molecule has 1 unspecified atom stereocenters. The molecule has 0 saturated heterocycles. The van der Waals surface area contributed by atoms with Crippen molar-refractivity contribution >= 4 is 21.6 Å². The van der Waals surface area contributed by atoms with Gasteiger partial charge in [-0.2, -0.15) is 13.2 Å². The number of aliphatic hydroxyl groups excluding tert-OH is 1. The first-order valence-corrected chi connectivity index (χ1v) is 6.39. The highest BCUT2D eigenvalue weighted by Gasteiger charge is 2.30. The Labute approximate surface area is 106 Å². The summed E-state index contributed by atoms with van der Waals surface area (Å²) in [4.78, 5) is 4.16. The summed E-state index contributed by atoms with van der Waals surface area (Å²) in [5, 5.41) is 10.3. The summed E-state index contributed by atoms with van der Waals surface area (Å²) in [7, 11) is 0. The Balaban J connectivity index is 2.40. The number of alkyl halides is 3. The molecule has 0 fully saturated rings. The van der Waals surface area contributed by atoms with Gasteiger partial charge in [0, 0.05) is 0 Å². The number of fused-ring (bicyclic) bond motifs is 1. The molecule has 0 aliphatic heterocycles. The van der Waals surface area contributed by atoms with Gasteiger partial charge in [0.15, 0.2) is 0 Å². The molecule has 0 saturated carbocycles. The molecule has 0 bridgehead atoms. The van der Waals surface area contributed by atoms with Crippen LogP contribution in [0.4, 0.5) is 13.2 Å². The standard InChI is InChI=1S/C12H12F3NOS/c1-2-3-9(17)11-16-8-5-4-7(12(13,14)15)6-10(8)18-11/h4-6,9,17H,2-3H2,1H3. The predicted molar refractivity (Wildman–Crippen MR) is 64.5 cm³/mol. The maximum absolute atomic E-state index is 12.5. The molecule has 2 nitrogen and oxygen atoms in total. The van der Waals surface area contributed by atoms with Crippen LogP contribution in [0, 0.1) is 0 Å². The summed E-state index contributed by atoms with van der Waals surface area (Å²) in [6.45, 7) is 1.93. The van der Waals surface area contributed by atoms with E-state index in [-0.39, 0.29) is 0 Å². The third-order valence-electron chi connectivity index (χ3n) is 2.58. The molecule has 98 valence electrons. The molecule has 0 aliphatic rings. The van der Waals surface area contributed by atoms with Crippen molar-refractivity contribution in [3.05, 3.63) is 28.8 Å². The second kappa shape index (κ2) is 4.85. The number of aromatic nitrogens is 1. The lowest BCUT2D eigenvalue weighted by Crippen LogP contribution is -2.03. The first kappa shape index (κ1) is 13.3. The summed E-state index contributed by atoms with van der Waals surface area (Å²) in [6.07, 6.45) is -3.68. The van der Waals surface area contributed by atoms with E-state index in [2.05, 4.69) is 4.98 Å². The van der Waals surface area contributed by atoms with Crippen LogP contribution < -0.4 is 0 Å². The minimum Gasteiger partial charge on any atom is -0.386 e. The van der Waals surface area contributed by atoms with Crippen LogP contribution in [0.1, 0.15) is 36.4 Å².